The van der Waals surface area contributed by atoms with Gasteiger partial charge in [0.15, 0.2) is 11.3 Å². The van der Waals surface area contributed by atoms with Crippen LogP contribution < -0.4 is 0 Å². The third-order valence-corrected chi connectivity index (χ3v) is 5.41. The van der Waals surface area contributed by atoms with Crippen LogP contribution in [0.2, 0.25) is 0 Å². The fourth-order valence-electron chi connectivity index (χ4n) is 4.09. The molecule has 4 amide bonds. The number of amides is 4. The summed E-state index contributed by atoms with van der Waals surface area (Å²) >= 11 is 0. The summed E-state index contributed by atoms with van der Waals surface area (Å²) in [6.07, 6.45) is 7.91. The van der Waals surface area contributed by atoms with Crippen LogP contribution in [0.5, 0.6) is 0 Å². The molecule has 106 valence electrons. The van der Waals surface area contributed by atoms with Crippen molar-refractivity contribution >= 4 is 12.1 Å². The molecule has 0 aliphatic carbocycles. The first-order valence-corrected chi connectivity index (χ1v) is 7.01. The van der Waals surface area contributed by atoms with Crippen molar-refractivity contribution in [3.05, 3.63) is 24.3 Å². The summed E-state index contributed by atoms with van der Waals surface area (Å²) in [5.74, 6) is 0. The average molecular weight is 274 g/mol. The van der Waals surface area contributed by atoms with Crippen LogP contribution in [-0.4, -0.2) is 69.2 Å². The van der Waals surface area contributed by atoms with Crippen LogP contribution in [-0.2, 0) is 0 Å². The predicted molar refractivity (Wildman–Crippen MR) is 72.7 cm³/mol. The number of rotatable bonds is 0. The van der Waals surface area contributed by atoms with Crippen LogP contribution in [0.3, 0.4) is 0 Å². The summed E-state index contributed by atoms with van der Waals surface area (Å²) in [5.41, 5.74) is -1.23. The Bertz CT molecular complexity index is 482. The fraction of sp³-hybridized carbons (Fsp3) is 0.571. The summed E-state index contributed by atoms with van der Waals surface area (Å²) in [6.45, 7) is 6.26. The van der Waals surface area contributed by atoms with E-state index in [-0.39, 0.29) is 12.1 Å². The number of carbonyl (C=O) groups is 2. The third-order valence-electron chi connectivity index (χ3n) is 5.41. The van der Waals surface area contributed by atoms with Crippen molar-refractivity contribution in [3.8, 4) is 0 Å². The van der Waals surface area contributed by atoms with Gasteiger partial charge in [0.25, 0.3) is 0 Å². The minimum Gasteiger partial charge on any atom is -0.294 e. The van der Waals surface area contributed by atoms with Crippen LogP contribution in [0, 0.1) is 0 Å². The van der Waals surface area contributed by atoms with Crippen molar-refractivity contribution in [1.82, 2.24) is 19.6 Å². The topological polar surface area (TPSA) is 47.1 Å². The lowest BCUT2D eigenvalue weighted by atomic mass is 9.95. The second kappa shape index (κ2) is 3.37. The first-order chi connectivity index (χ1) is 9.53. The van der Waals surface area contributed by atoms with Gasteiger partial charge < -0.3 is 0 Å². The second-order valence-electron chi connectivity index (χ2n) is 5.99. The molecule has 0 radical (unpaired) electrons. The Morgan fingerprint density at radius 1 is 0.700 bits per heavy atom. The van der Waals surface area contributed by atoms with Gasteiger partial charge in [0.05, 0.1) is 0 Å². The molecule has 20 heavy (non-hydrogen) atoms. The van der Waals surface area contributed by atoms with E-state index in [1.807, 2.05) is 57.8 Å². The van der Waals surface area contributed by atoms with E-state index in [4.69, 9.17) is 0 Å². The first kappa shape index (κ1) is 11.8. The number of hydrogen-bond donors (Lipinski definition) is 0. The molecule has 0 aromatic carbocycles. The summed E-state index contributed by atoms with van der Waals surface area (Å²) in [5, 5.41) is 0. The third kappa shape index (κ3) is 0.971. The van der Waals surface area contributed by atoms with Crippen LogP contribution in [0.1, 0.15) is 13.8 Å². The van der Waals surface area contributed by atoms with Crippen molar-refractivity contribution in [2.75, 3.05) is 26.2 Å². The smallest absolute Gasteiger partial charge is 0.294 e. The van der Waals surface area contributed by atoms with E-state index in [0.717, 1.165) is 0 Å². The predicted octanol–water partition coefficient (Wildman–Crippen LogP) is 1.03. The van der Waals surface area contributed by atoms with Crippen LogP contribution >= 0.6 is 0 Å². The molecule has 0 aromatic rings. The molecule has 0 spiro atoms. The Hall–Kier alpha value is -1.98. The van der Waals surface area contributed by atoms with Gasteiger partial charge in [-0.15, -0.1) is 0 Å². The monoisotopic (exact) mass is 274 g/mol. The molecule has 4 aliphatic heterocycles. The quantitative estimate of drug-likeness (QED) is 0.620. The zero-order chi connectivity index (χ0) is 14.1. The molecule has 4 aliphatic rings. The molecule has 2 fully saturated rings. The Morgan fingerprint density at radius 2 is 0.950 bits per heavy atom. The maximum absolute atomic E-state index is 12.8. The Labute approximate surface area is 117 Å². The molecular formula is C14H18N4O2. The van der Waals surface area contributed by atoms with Crippen molar-refractivity contribution in [2.24, 2.45) is 0 Å². The van der Waals surface area contributed by atoms with E-state index < -0.39 is 11.3 Å². The molecule has 0 aromatic heterocycles. The SMILES string of the molecule is CC12N3CC=CCN1C(=O)N1CC=CCN(C3=O)C12C. The summed E-state index contributed by atoms with van der Waals surface area (Å²) in [6, 6.07) is 0.0196. The number of hydrogen-bond acceptors (Lipinski definition) is 2. The highest BCUT2D eigenvalue weighted by atomic mass is 16.2. The van der Waals surface area contributed by atoms with Gasteiger partial charge >= 0.3 is 12.1 Å². The van der Waals surface area contributed by atoms with Gasteiger partial charge in [0.2, 0.25) is 0 Å². The van der Waals surface area contributed by atoms with E-state index in [9.17, 15) is 9.59 Å². The van der Waals surface area contributed by atoms with E-state index in [2.05, 4.69) is 0 Å². The van der Waals surface area contributed by atoms with Gasteiger partial charge in [-0.3, -0.25) is 19.6 Å². The molecule has 6 nitrogen and oxygen atoms in total. The molecule has 0 atom stereocenters. The molecule has 2 saturated heterocycles. The Kier molecular flexibility index (Phi) is 1.99. The highest BCUT2D eigenvalue weighted by Crippen LogP contribution is 2.51. The maximum atomic E-state index is 12.8. The molecule has 0 unspecified atom stereocenters. The fourth-order valence-corrected chi connectivity index (χ4v) is 4.09. The Morgan fingerprint density at radius 3 is 1.20 bits per heavy atom. The van der Waals surface area contributed by atoms with Crippen LogP contribution in [0.25, 0.3) is 0 Å². The lowest BCUT2D eigenvalue weighted by molar-refractivity contribution is -0.0234. The zero-order valence-corrected chi connectivity index (χ0v) is 11.7. The first-order valence-electron chi connectivity index (χ1n) is 7.01. The molecule has 4 heterocycles. The highest BCUT2D eigenvalue weighted by Gasteiger charge is 2.73. The van der Waals surface area contributed by atoms with Gasteiger partial charge in [-0.2, -0.15) is 0 Å². The maximum Gasteiger partial charge on any atom is 0.324 e. The lowest BCUT2D eigenvalue weighted by Gasteiger charge is -2.44. The van der Waals surface area contributed by atoms with Crippen molar-refractivity contribution in [2.45, 2.75) is 25.2 Å². The number of urea groups is 2. The molecule has 0 saturated carbocycles. The van der Waals surface area contributed by atoms with Gasteiger partial charge in [-0.05, 0) is 13.8 Å². The molecule has 6 heteroatoms. The minimum atomic E-state index is -0.614. The lowest BCUT2D eigenvalue weighted by Crippen LogP contribution is -2.64. The minimum absolute atomic E-state index is 0.00981. The Balaban J connectivity index is 1.98. The van der Waals surface area contributed by atoms with Crippen molar-refractivity contribution < 1.29 is 9.59 Å². The van der Waals surface area contributed by atoms with Gasteiger partial charge in [0, 0.05) is 26.2 Å². The van der Waals surface area contributed by atoms with Gasteiger partial charge in [0.1, 0.15) is 0 Å². The average Bonchev–Trinajstić information content (AvgIpc) is 2.67. The standard InChI is InChI=1S/C14H18N4O2/c1-13-14(2)17-9-5-6-10-18(14)12(20)16(13)8-4-3-7-15(13)11(17)19/h3-6H,7-10H2,1-2H3. The molecule has 0 bridgehead atoms. The zero-order valence-electron chi connectivity index (χ0n) is 11.7. The van der Waals surface area contributed by atoms with Gasteiger partial charge in [-0.1, -0.05) is 24.3 Å². The van der Waals surface area contributed by atoms with E-state index >= 15 is 0 Å². The van der Waals surface area contributed by atoms with Crippen molar-refractivity contribution in [3.63, 3.8) is 0 Å². The largest absolute Gasteiger partial charge is 0.324 e. The summed E-state index contributed by atoms with van der Waals surface area (Å²) in [4.78, 5) is 32.9. The summed E-state index contributed by atoms with van der Waals surface area (Å²) < 4.78 is 0. The molecule has 4 rings (SSSR count). The highest BCUT2D eigenvalue weighted by molar-refractivity contribution is 5.89. The molecular weight excluding hydrogens is 256 g/mol. The molecule has 0 N–H and O–H groups in total. The number of nitrogens with zero attached hydrogens (tertiary/aromatic N) is 4. The van der Waals surface area contributed by atoms with Crippen LogP contribution in [0.4, 0.5) is 9.59 Å². The van der Waals surface area contributed by atoms with Crippen molar-refractivity contribution in [1.29, 1.82) is 0 Å². The van der Waals surface area contributed by atoms with Crippen LogP contribution in [0.15, 0.2) is 24.3 Å². The second-order valence-corrected chi connectivity index (χ2v) is 5.99. The van der Waals surface area contributed by atoms with E-state index in [1.165, 1.54) is 0 Å². The van der Waals surface area contributed by atoms with E-state index in [0.29, 0.717) is 26.2 Å². The normalized spacial score (nSPS) is 38.5. The summed E-state index contributed by atoms with van der Waals surface area (Å²) in [7, 11) is 0. The number of carbonyl (C=O) groups excluding carboxylic acids is 2. The van der Waals surface area contributed by atoms with E-state index in [1.54, 1.807) is 0 Å². The van der Waals surface area contributed by atoms with Gasteiger partial charge in [-0.25, -0.2) is 9.59 Å².